The van der Waals surface area contributed by atoms with Gasteiger partial charge in [-0.05, 0) is 32.7 Å². The van der Waals surface area contributed by atoms with Crippen LogP contribution in [0.4, 0.5) is 0 Å². The van der Waals surface area contributed by atoms with Crippen LogP contribution in [0.3, 0.4) is 0 Å². The summed E-state index contributed by atoms with van der Waals surface area (Å²) in [7, 11) is 0. The fourth-order valence-electron chi connectivity index (χ4n) is 2.55. The van der Waals surface area contributed by atoms with Crippen molar-refractivity contribution in [3.63, 3.8) is 0 Å². The molecule has 3 rings (SSSR count). The van der Waals surface area contributed by atoms with Crippen LogP contribution in [-0.4, -0.2) is 36.4 Å². The molecular weight excluding hydrogens is 218 g/mol. The SMILES string of the molecule is CC1(c2nc(C3CCCNC3)no2)CCOC1. The molecule has 0 bridgehead atoms. The van der Waals surface area contributed by atoms with Crippen LogP contribution in [0.25, 0.3) is 0 Å². The molecule has 5 nitrogen and oxygen atoms in total. The van der Waals surface area contributed by atoms with Gasteiger partial charge in [0.05, 0.1) is 12.0 Å². The molecule has 0 aliphatic carbocycles. The third-order valence-corrected chi connectivity index (χ3v) is 3.84. The zero-order valence-corrected chi connectivity index (χ0v) is 10.2. The zero-order valence-electron chi connectivity index (χ0n) is 10.2. The summed E-state index contributed by atoms with van der Waals surface area (Å²) in [6.07, 6.45) is 3.31. The Morgan fingerprint density at radius 3 is 3.12 bits per heavy atom. The van der Waals surface area contributed by atoms with Crippen molar-refractivity contribution >= 4 is 0 Å². The molecule has 1 aromatic heterocycles. The van der Waals surface area contributed by atoms with Crippen molar-refractivity contribution in [1.82, 2.24) is 15.5 Å². The van der Waals surface area contributed by atoms with Crippen LogP contribution in [0, 0.1) is 0 Å². The molecule has 0 amide bonds. The first-order valence-corrected chi connectivity index (χ1v) is 6.40. The highest BCUT2D eigenvalue weighted by Crippen LogP contribution is 2.32. The first kappa shape index (κ1) is 11.2. The molecular formula is C12H19N3O2. The van der Waals surface area contributed by atoms with Crippen LogP contribution in [0.2, 0.25) is 0 Å². The number of nitrogens with one attached hydrogen (secondary N) is 1. The molecule has 0 aromatic carbocycles. The molecule has 0 radical (unpaired) electrons. The third-order valence-electron chi connectivity index (χ3n) is 3.84. The molecule has 2 aliphatic heterocycles. The Bertz CT molecular complexity index is 379. The van der Waals surface area contributed by atoms with Crippen LogP contribution < -0.4 is 5.32 Å². The van der Waals surface area contributed by atoms with Gasteiger partial charge in [0.15, 0.2) is 5.82 Å². The number of rotatable bonds is 2. The van der Waals surface area contributed by atoms with Crippen molar-refractivity contribution < 1.29 is 9.26 Å². The summed E-state index contributed by atoms with van der Waals surface area (Å²) in [6, 6.07) is 0. The van der Waals surface area contributed by atoms with Crippen molar-refractivity contribution in [2.75, 3.05) is 26.3 Å². The summed E-state index contributed by atoms with van der Waals surface area (Å²) in [6.45, 7) is 5.69. The van der Waals surface area contributed by atoms with Gasteiger partial charge in [-0.25, -0.2) is 0 Å². The number of hydrogen-bond acceptors (Lipinski definition) is 5. The molecule has 0 spiro atoms. The Labute approximate surface area is 101 Å². The lowest BCUT2D eigenvalue weighted by Crippen LogP contribution is -2.29. The second kappa shape index (κ2) is 4.38. The van der Waals surface area contributed by atoms with Crippen LogP contribution in [0.1, 0.15) is 43.8 Å². The molecule has 0 saturated carbocycles. The van der Waals surface area contributed by atoms with Crippen molar-refractivity contribution in [2.45, 2.75) is 37.5 Å². The maximum absolute atomic E-state index is 5.44. The summed E-state index contributed by atoms with van der Waals surface area (Å²) in [4.78, 5) is 4.59. The summed E-state index contributed by atoms with van der Waals surface area (Å²) in [5.41, 5.74) is -0.0760. The van der Waals surface area contributed by atoms with E-state index in [0.717, 1.165) is 44.3 Å². The van der Waals surface area contributed by atoms with E-state index in [0.29, 0.717) is 12.5 Å². The second-order valence-corrected chi connectivity index (χ2v) is 5.36. The first-order chi connectivity index (χ1) is 8.28. The molecule has 2 fully saturated rings. The number of aromatic nitrogens is 2. The lowest BCUT2D eigenvalue weighted by atomic mass is 9.90. The lowest BCUT2D eigenvalue weighted by molar-refractivity contribution is 0.169. The standard InChI is InChI=1S/C12H19N3O2/c1-12(4-6-16-8-12)11-14-10(15-17-11)9-3-2-5-13-7-9/h9,13H,2-8H2,1H3. The van der Waals surface area contributed by atoms with E-state index in [1.54, 1.807) is 0 Å². The van der Waals surface area contributed by atoms with E-state index in [1.165, 1.54) is 6.42 Å². The quantitative estimate of drug-likeness (QED) is 0.838. The summed E-state index contributed by atoms with van der Waals surface area (Å²) >= 11 is 0. The molecule has 2 unspecified atom stereocenters. The van der Waals surface area contributed by atoms with Gasteiger partial charge in [-0.15, -0.1) is 0 Å². The van der Waals surface area contributed by atoms with Crippen LogP contribution >= 0.6 is 0 Å². The number of hydrogen-bond donors (Lipinski definition) is 1. The first-order valence-electron chi connectivity index (χ1n) is 6.40. The Morgan fingerprint density at radius 1 is 1.47 bits per heavy atom. The molecule has 1 aromatic rings. The van der Waals surface area contributed by atoms with Gasteiger partial charge in [0.25, 0.3) is 0 Å². The molecule has 3 heterocycles. The fourth-order valence-corrected chi connectivity index (χ4v) is 2.55. The normalized spacial score (nSPS) is 34.1. The van der Waals surface area contributed by atoms with Gasteiger partial charge in [-0.1, -0.05) is 5.16 Å². The average Bonchev–Trinajstić information content (AvgIpc) is 2.99. The van der Waals surface area contributed by atoms with E-state index in [1.807, 2.05) is 0 Å². The monoisotopic (exact) mass is 237 g/mol. The number of piperidine rings is 1. The predicted molar refractivity (Wildman–Crippen MR) is 61.9 cm³/mol. The minimum absolute atomic E-state index is 0.0760. The molecule has 2 saturated heterocycles. The second-order valence-electron chi connectivity index (χ2n) is 5.36. The van der Waals surface area contributed by atoms with E-state index in [4.69, 9.17) is 9.26 Å². The zero-order chi connectivity index (χ0) is 11.7. The molecule has 17 heavy (non-hydrogen) atoms. The minimum Gasteiger partial charge on any atom is -0.380 e. The molecule has 2 atom stereocenters. The van der Waals surface area contributed by atoms with Gasteiger partial charge >= 0.3 is 0 Å². The molecule has 1 N–H and O–H groups in total. The van der Waals surface area contributed by atoms with Gasteiger partial charge in [0, 0.05) is 19.1 Å². The summed E-state index contributed by atoms with van der Waals surface area (Å²) < 4.78 is 10.9. The smallest absolute Gasteiger partial charge is 0.235 e. The highest BCUT2D eigenvalue weighted by molar-refractivity contribution is 5.08. The Kier molecular flexibility index (Phi) is 2.88. The van der Waals surface area contributed by atoms with Crippen molar-refractivity contribution in [3.05, 3.63) is 11.7 Å². The molecule has 94 valence electrons. The number of ether oxygens (including phenoxy) is 1. The van der Waals surface area contributed by atoms with Crippen LogP contribution in [0.5, 0.6) is 0 Å². The lowest BCUT2D eigenvalue weighted by Gasteiger charge is -2.19. The number of nitrogens with zero attached hydrogens (tertiary/aromatic N) is 2. The van der Waals surface area contributed by atoms with Gasteiger partial charge < -0.3 is 14.6 Å². The Morgan fingerprint density at radius 2 is 2.41 bits per heavy atom. The maximum atomic E-state index is 5.44. The van der Waals surface area contributed by atoms with E-state index in [-0.39, 0.29) is 5.41 Å². The summed E-state index contributed by atoms with van der Waals surface area (Å²) in [5, 5.41) is 7.52. The largest absolute Gasteiger partial charge is 0.380 e. The molecule has 5 heteroatoms. The van der Waals surface area contributed by atoms with Crippen LogP contribution in [0.15, 0.2) is 4.52 Å². The fraction of sp³-hybridized carbons (Fsp3) is 0.833. The van der Waals surface area contributed by atoms with Gasteiger partial charge in [-0.3, -0.25) is 0 Å². The third kappa shape index (κ3) is 2.09. The van der Waals surface area contributed by atoms with Gasteiger partial charge in [-0.2, -0.15) is 4.98 Å². The van der Waals surface area contributed by atoms with Crippen molar-refractivity contribution in [2.24, 2.45) is 0 Å². The summed E-state index contributed by atoms with van der Waals surface area (Å²) in [5.74, 6) is 2.02. The van der Waals surface area contributed by atoms with Crippen molar-refractivity contribution in [3.8, 4) is 0 Å². The highest BCUT2D eigenvalue weighted by Gasteiger charge is 2.37. The van der Waals surface area contributed by atoms with Gasteiger partial charge in [0.2, 0.25) is 5.89 Å². The van der Waals surface area contributed by atoms with Gasteiger partial charge in [0.1, 0.15) is 0 Å². The van der Waals surface area contributed by atoms with Crippen molar-refractivity contribution in [1.29, 1.82) is 0 Å². The van der Waals surface area contributed by atoms with E-state index in [9.17, 15) is 0 Å². The average molecular weight is 237 g/mol. The van der Waals surface area contributed by atoms with E-state index >= 15 is 0 Å². The maximum Gasteiger partial charge on any atom is 0.235 e. The topological polar surface area (TPSA) is 60.2 Å². The highest BCUT2D eigenvalue weighted by atomic mass is 16.5. The van der Waals surface area contributed by atoms with E-state index < -0.39 is 0 Å². The Hall–Kier alpha value is -0.940. The Balaban J connectivity index is 1.77. The van der Waals surface area contributed by atoms with Crippen LogP contribution in [-0.2, 0) is 10.2 Å². The van der Waals surface area contributed by atoms with E-state index in [2.05, 4.69) is 22.4 Å². The minimum atomic E-state index is -0.0760. The molecule has 2 aliphatic rings. The predicted octanol–water partition coefficient (Wildman–Crippen LogP) is 1.21.